The predicted octanol–water partition coefficient (Wildman–Crippen LogP) is 5.32. The van der Waals surface area contributed by atoms with Crippen molar-refractivity contribution in [3.05, 3.63) is 70.7 Å². The number of halogens is 1. The Balaban J connectivity index is 2.11. The SMILES string of the molecule is CCc1cccc(CC)c1NC(=O)CN(c1cc(Cl)ccc1OC)S(=O)(=O)c1ccc(OC)c(OC)c1. The van der Waals surface area contributed by atoms with Gasteiger partial charge in [-0.1, -0.05) is 43.6 Å². The lowest BCUT2D eigenvalue weighted by Crippen LogP contribution is -2.38. The molecule has 0 unspecified atom stereocenters. The van der Waals surface area contributed by atoms with E-state index in [1.807, 2.05) is 32.0 Å². The highest BCUT2D eigenvalue weighted by atomic mass is 35.5. The minimum Gasteiger partial charge on any atom is -0.495 e. The molecule has 3 rings (SSSR count). The highest BCUT2D eigenvalue weighted by molar-refractivity contribution is 7.92. The number of nitrogens with one attached hydrogen (secondary N) is 1. The number of hydrogen-bond donors (Lipinski definition) is 1. The third-order valence-corrected chi connectivity index (χ3v) is 7.89. The van der Waals surface area contributed by atoms with Crippen molar-refractivity contribution < 1.29 is 27.4 Å². The van der Waals surface area contributed by atoms with Crippen molar-refractivity contribution in [3.8, 4) is 17.2 Å². The number of carbonyl (C=O) groups is 1. The molecule has 0 saturated heterocycles. The molecule has 0 fully saturated rings. The number of aryl methyl sites for hydroxylation is 2. The molecule has 3 aromatic rings. The summed E-state index contributed by atoms with van der Waals surface area (Å²) in [7, 11) is 0.00345. The van der Waals surface area contributed by atoms with Gasteiger partial charge >= 0.3 is 0 Å². The van der Waals surface area contributed by atoms with Gasteiger partial charge < -0.3 is 19.5 Å². The Morgan fingerprint density at radius 1 is 0.865 bits per heavy atom. The fourth-order valence-electron chi connectivity index (χ4n) is 3.97. The number of para-hydroxylation sites is 1. The molecule has 0 bridgehead atoms. The number of rotatable bonds is 11. The third kappa shape index (κ3) is 6.11. The van der Waals surface area contributed by atoms with Crippen LogP contribution in [0.2, 0.25) is 5.02 Å². The van der Waals surface area contributed by atoms with Crippen LogP contribution in [0.3, 0.4) is 0 Å². The van der Waals surface area contributed by atoms with Crippen LogP contribution in [-0.2, 0) is 27.7 Å². The van der Waals surface area contributed by atoms with Crippen LogP contribution >= 0.6 is 11.6 Å². The van der Waals surface area contributed by atoms with Gasteiger partial charge in [0.1, 0.15) is 12.3 Å². The highest BCUT2D eigenvalue weighted by Gasteiger charge is 2.31. The van der Waals surface area contributed by atoms with Crippen molar-refractivity contribution in [1.82, 2.24) is 0 Å². The summed E-state index contributed by atoms with van der Waals surface area (Å²) in [6.07, 6.45) is 1.42. The van der Waals surface area contributed by atoms with Crippen LogP contribution in [0.4, 0.5) is 11.4 Å². The second-order valence-electron chi connectivity index (χ2n) is 8.05. The monoisotopic (exact) mass is 546 g/mol. The lowest BCUT2D eigenvalue weighted by molar-refractivity contribution is -0.114. The van der Waals surface area contributed by atoms with E-state index in [0.717, 1.165) is 15.4 Å². The third-order valence-electron chi connectivity index (χ3n) is 5.90. The zero-order chi connectivity index (χ0) is 27.2. The Morgan fingerprint density at radius 2 is 1.46 bits per heavy atom. The average molecular weight is 547 g/mol. The molecule has 3 aromatic carbocycles. The van der Waals surface area contributed by atoms with E-state index in [9.17, 15) is 13.2 Å². The van der Waals surface area contributed by atoms with Gasteiger partial charge in [0.25, 0.3) is 10.0 Å². The molecule has 10 heteroatoms. The number of ether oxygens (including phenoxy) is 3. The number of anilines is 2. The summed E-state index contributed by atoms with van der Waals surface area (Å²) in [5, 5.41) is 3.22. The van der Waals surface area contributed by atoms with E-state index < -0.39 is 22.5 Å². The van der Waals surface area contributed by atoms with Gasteiger partial charge in [-0.15, -0.1) is 0 Å². The number of nitrogens with zero attached hydrogens (tertiary/aromatic N) is 1. The molecule has 0 aliphatic heterocycles. The van der Waals surface area contributed by atoms with E-state index in [-0.39, 0.29) is 27.1 Å². The molecular weight excluding hydrogens is 516 g/mol. The number of benzene rings is 3. The van der Waals surface area contributed by atoms with Crippen LogP contribution in [0.1, 0.15) is 25.0 Å². The number of sulfonamides is 1. The summed E-state index contributed by atoms with van der Waals surface area (Å²) in [6, 6.07) is 14.6. The molecule has 0 saturated carbocycles. The summed E-state index contributed by atoms with van der Waals surface area (Å²) in [5.74, 6) is 0.330. The van der Waals surface area contributed by atoms with Gasteiger partial charge in [0.2, 0.25) is 5.91 Å². The first-order chi connectivity index (χ1) is 17.7. The maximum Gasteiger partial charge on any atom is 0.265 e. The minimum absolute atomic E-state index is 0.0943. The topological polar surface area (TPSA) is 94.2 Å². The average Bonchev–Trinajstić information content (AvgIpc) is 2.91. The van der Waals surface area contributed by atoms with E-state index in [1.165, 1.54) is 45.6 Å². The van der Waals surface area contributed by atoms with Gasteiger partial charge in [0, 0.05) is 16.8 Å². The Morgan fingerprint density at radius 3 is 2.03 bits per heavy atom. The van der Waals surface area contributed by atoms with E-state index in [2.05, 4.69) is 5.32 Å². The van der Waals surface area contributed by atoms with Crippen LogP contribution in [-0.4, -0.2) is 42.2 Å². The molecule has 198 valence electrons. The number of amides is 1. The fourth-order valence-corrected chi connectivity index (χ4v) is 5.58. The maximum atomic E-state index is 14.0. The molecule has 37 heavy (non-hydrogen) atoms. The van der Waals surface area contributed by atoms with Crippen LogP contribution in [0.5, 0.6) is 17.2 Å². The highest BCUT2D eigenvalue weighted by Crippen LogP contribution is 2.37. The Hall–Kier alpha value is -3.43. The second kappa shape index (κ2) is 12.2. The first-order valence-electron chi connectivity index (χ1n) is 11.7. The fraction of sp³-hybridized carbons (Fsp3) is 0.296. The quantitative estimate of drug-likeness (QED) is 0.349. The Kier molecular flexibility index (Phi) is 9.29. The van der Waals surface area contributed by atoms with E-state index >= 15 is 0 Å². The summed E-state index contributed by atoms with van der Waals surface area (Å²) < 4.78 is 44.9. The van der Waals surface area contributed by atoms with E-state index in [0.29, 0.717) is 24.3 Å². The molecule has 1 amide bonds. The van der Waals surface area contributed by atoms with Crippen molar-refractivity contribution in [2.75, 3.05) is 37.5 Å². The van der Waals surface area contributed by atoms with Crippen molar-refractivity contribution in [3.63, 3.8) is 0 Å². The predicted molar refractivity (Wildman–Crippen MR) is 146 cm³/mol. The molecule has 0 spiro atoms. The van der Waals surface area contributed by atoms with Crippen LogP contribution in [0.25, 0.3) is 0 Å². The number of hydrogen-bond acceptors (Lipinski definition) is 6. The normalized spacial score (nSPS) is 11.1. The van der Waals surface area contributed by atoms with Crippen molar-refractivity contribution >= 4 is 38.9 Å². The molecule has 1 N–H and O–H groups in total. The first-order valence-corrected chi connectivity index (χ1v) is 13.5. The van der Waals surface area contributed by atoms with Gasteiger partial charge in [-0.3, -0.25) is 9.10 Å². The zero-order valence-electron chi connectivity index (χ0n) is 21.5. The van der Waals surface area contributed by atoms with Crippen LogP contribution < -0.4 is 23.8 Å². The molecule has 0 aliphatic rings. The van der Waals surface area contributed by atoms with Gasteiger partial charge in [-0.25, -0.2) is 8.42 Å². The summed E-state index contributed by atoms with van der Waals surface area (Å²) >= 11 is 6.23. The van der Waals surface area contributed by atoms with Gasteiger partial charge in [0.15, 0.2) is 11.5 Å². The summed E-state index contributed by atoms with van der Waals surface area (Å²) in [6.45, 7) is 3.47. The summed E-state index contributed by atoms with van der Waals surface area (Å²) in [5.41, 5.74) is 2.74. The minimum atomic E-state index is -4.28. The van der Waals surface area contributed by atoms with E-state index in [1.54, 1.807) is 12.1 Å². The van der Waals surface area contributed by atoms with Gasteiger partial charge in [0.05, 0.1) is 31.9 Å². The smallest absolute Gasteiger partial charge is 0.265 e. The maximum absolute atomic E-state index is 14.0. The zero-order valence-corrected chi connectivity index (χ0v) is 23.1. The van der Waals surface area contributed by atoms with Crippen LogP contribution in [0.15, 0.2) is 59.5 Å². The second-order valence-corrected chi connectivity index (χ2v) is 10.3. The van der Waals surface area contributed by atoms with Gasteiger partial charge in [-0.05, 0) is 54.3 Å². The molecule has 0 radical (unpaired) electrons. The molecular formula is C27H31ClN2O6S. The number of methoxy groups -OCH3 is 3. The summed E-state index contributed by atoms with van der Waals surface area (Å²) in [4.78, 5) is 13.3. The molecule has 8 nitrogen and oxygen atoms in total. The standard InChI is InChI=1S/C27H31ClN2O6S/c1-6-18-9-8-10-19(7-2)27(18)29-26(31)17-30(22-15-20(28)11-13-23(22)34-3)37(32,33)21-12-14-24(35-4)25(16-21)36-5/h8-16H,6-7,17H2,1-5H3,(H,29,31). The Labute approximate surface area is 223 Å². The van der Waals surface area contributed by atoms with Crippen molar-refractivity contribution in [1.29, 1.82) is 0 Å². The van der Waals surface area contributed by atoms with E-state index in [4.69, 9.17) is 25.8 Å². The Bertz CT molecular complexity index is 1360. The van der Waals surface area contributed by atoms with Crippen molar-refractivity contribution in [2.24, 2.45) is 0 Å². The first kappa shape index (κ1) is 28.1. The molecule has 0 atom stereocenters. The lowest BCUT2D eigenvalue weighted by Gasteiger charge is -2.26. The van der Waals surface area contributed by atoms with Crippen LogP contribution in [0, 0.1) is 0 Å². The molecule has 0 aromatic heterocycles. The van der Waals surface area contributed by atoms with Crippen molar-refractivity contribution in [2.45, 2.75) is 31.6 Å². The molecule has 0 aliphatic carbocycles. The number of carbonyl (C=O) groups excluding carboxylic acids is 1. The lowest BCUT2D eigenvalue weighted by atomic mass is 10.0. The van der Waals surface area contributed by atoms with Gasteiger partial charge in [-0.2, -0.15) is 0 Å². The molecule has 0 heterocycles. The largest absolute Gasteiger partial charge is 0.495 e.